The van der Waals surface area contributed by atoms with Crippen LogP contribution in [0.3, 0.4) is 0 Å². The molecule has 1 N–H and O–H groups in total. The molecule has 0 bridgehead atoms. The Bertz CT molecular complexity index is 510. The number of pyridine rings is 1. The lowest BCUT2D eigenvalue weighted by Crippen LogP contribution is -2.41. The number of nitrogens with zero attached hydrogens (tertiary/aromatic N) is 2. The van der Waals surface area contributed by atoms with Gasteiger partial charge in [0.05, 0.1) is 0 Å². The monoisotopic (exact) mass is 293 g/mol. The van der Waals surface area contributed by atoms with Gasteiger partial charge in [-0.25, -0.2) is 4.57 Å². The zero-order chi connectivity index (χ0) is 15.4. The standard InChI is InChI=1S/C16H24N2O3/c1-12-16(14(19)9-10-17(12)2)21-11-15(20)18(3)13-7-5-4-6-8-13/h9-10,13H,4-8,11H2,1-3H3/p+1. The van der Waals surface area contributed by atoms with Gasteiger partial charge < -0.3 is 14.7 Å². The quantitative estimate of drug-likeness (QED) is 0.860. The topological polar surface area (TPSA) is 53.6 Å². The minimum atomic E-state index is -0.0363. The highest BCUT2D eigenvalue weighted by atomic mass is 16.5. The molecular weight excluding hydrogens is 268 g/mol. The Labute approximate surface area is 126 Å². The fraction of sp³-hybridized carbons (Fsp3) is 0.625. The first-order chi connectivity index (χ1) is 10.0. The Morgan fingerprint density at radius 2 is 2.10 bits per heavy atom. The highest BCUT2D eigenvalue weighted by molar-refractivity contribution is 5.78. The largest absolute Gasteiger partial charge is 0.504 e. The second-order valence-electron chi connectivity index (χ2n) is 5.81. The van der Waals surface area contributed by atoms with E-state index in [1.165, 1.54) is 19.3 Å². The minimum Gasteiger partial charge on any atom is -0.504 e. The van der Waals surface area contributed by atoms with Gasteiger partial charge in [-0.15, -0.1) is 0 Å². The highest BCUT2D eigenvalue weighted by Gasteiger charge is 2.23. The molecule has 1 saturated carbocycles. The fourth-order valence-electron chi connectivity index (χ4n) is 2.80. The third kappa shape index (κ3) is 3.65. The maximum Gasteiger partial charge on any atom is 0.260 e. The van der Waals surface area contributed by atoms with E-state index in [2.05, 4.69) is 0 Å². The van der Waals surface area contributed by atoms with Crippen LogP contribution in [0.4, 0.5) is 0 Å². The van der Waals surface area contributed by atoms with E-state index in [-0.39, 0.29) is 18.3 Å². The van der Waals surface area contributed by atoms with Gasteiger partial charge in [-0.3, -0.25) is 4.79 Å². The van der Waals surface area contributed by atoms with Crippen LogP contribution in [0.25, 0.3) is 0 Å². The molecule has 1 aliphatic rings. The SMILES string of the molecule is Cc1c(OCC(=O)N(C)C2CCCCC2)c(O)cc[n+]1C. The average Bonchev–Trinajstić information content (AvgIpc) is 2.51. The predicted molar refractivity (Wildman–Crippen MR) is 79.2 cm³/mol. The average molecular weight is 293 g/mol. The van der Waals surface area contributed by atoms with Crippen LogP contribution in [0, 0.1) is 6.92 Å². The van der Waals surface area contributed by atoms with Crippen molar-refractivity contribution in [2.75, 3.05) is 13.7 Å². The molecule has 0 radical (unpaired) electrons. The molecule has 116 valence electrons. The van der Waals surface area contributed by atoms with Crippen molar-refractivity contribution in [1.82, 2.24) is 4.90 Å². The summed E-state index contributed by atoms with van der Waals surface area (Å²) >= 11 is 0. The summed E-state index contributed by atoms with van der Waals surface area (Å²) in [5.41, 5.74) is 0.795. The van der Waals surface area contributed by atoms with Gasteiger partial charge in [-0.2, -0.15) is 0 Å². The molecule has 1 heterocycles. The molecule has 0 atom stereocenters. The van der Waals surface area contributed by atoms with Gasteiger partial charge in [0.25, 0.3) is 5.91 Å². The molecule has 2 rings (SSSR count). The molecule has 5 heteroatoms. The van der Waals surface area contributed by atoms with Crippen LogP contribution in [-0.4, -0.2) is 35.6 Å². The number of aromatic nitrogens is 1. The minimum absolute atomic E-state index is 0.0350. The van der Waals surface area contributed by atoms with Crippen LogP contribution in [-0.2, 0) is 11.8 Å². The molecule has 1 amide bonds. The molecule has 0 saturated heterocycles. The van der Waals surface area contributed by atoms with Crippen LogP contribution in [0.2, 0.25) is 0 Å². The summed E-state index contributed by atoms with van der Waals surface area (Å²) in [7, 11) is 3.72. The number of carbonyl (C=O) groups excluding carboxylic acids is 1. The number of aromatic hydroxyl groups is 1. The summed E-state index contributed by atoms with van der Waals surface area (Å²) in [5, 5.41) is 9.85. The van der Waals surface area contributed by atoms with E-state index >= 15 is 0 Å². The molecule has 21 heavy (non-hydrogen) atoms. The molecule has 1 aliphatic carbocycles. The van der Waals surface area contributed by atoms with Crippen LogP contribution in [0.1, 0.15) is 37.8 Å². The van der Waals surface area contributed by atoms with Gasteiger partial charge in [0, 0.05) is 26.1 Å². The number of aryl methyl sites for hydroxylation is 1. The van der Waals surface area contributed by atoms with Gasteiger partial charge >= 0.3 is 0 Å². The van der Waals surface area contributed by atoms with Gasteiger partial charge in [0.15, 0.2) is 18.6 Å². The molecule has 0 aromatic carbocycles. The molecule has 5 nitrogen and oxygen atoms in total. The summed E-state index contributed by atoms with van der Waals surface area (Å²) in [6.45, 7) is 1.82. The summed E-state index contributed by atoms with van der Waals surface area (Å²) in [5.74, 6) is 0.413. The van der Waals surface area contributed by atoms with Crippen molar-refractivity contribution in [3.05, 3.63) is 18.0 Å². The van der Waals surface area contributed by atoms with Crippen LogP contribution in [0.15, 0.2) is 12.3 Å². The Morgan fingerprint density at radius 1 is 1.43 bits per heavy atom. The molecule has 0 unspecified atom stereocenters. The summed E-state index contributed by atoms with van der Waals surface area (Å²) < 4.78 is 7.41. The van der Waals surface area contributed by atoms with Gasteiger partial charge in [0.1, 0.15) is 7.05 Å². The number of hydrogen-bond donors (Lipinski definition) is 1. The Hall–Kier alpha value is -1.78. The van der Waals surface area contributed by atoms with E-state index in [1.54, 1.807) is 17.2 Å². The lowest BCUT2D eigenvalue weighted by molar-refractivity contribution is -0.678. The van der Waals surface area contributed by atoms with Crippen LogP contribution < -0.4 is 9.30 Å². The molecule has 1 aromatic rings. The molecule has 1 aromatic heterocycles. The van der Waals surface area contributed by atoms with E-state index < -0.39 is 0 Å². The smallest absolute Gasteiger partial charge is 0.260 e. The number of rotatable bonds is 4. The summed E-state index contributed by atoms with van der Waals surface area (Å²) in [6.07, 6.45) is 7.56. The number of ether oxygens (including phenoxy) is 1. The van der Waals surface area contributed by atoms with Crippen molar-refractivity contribution in [1.29, 1.82) is 0 Å². The molecular formula is C16H25N2O3+. The first kappa shape index (κ1) is 15.6. The Balaban J connectivity index is 1.96. The van der Waals surface area contributed by atoms with Crippen LogP contribution >= 0.6 is 0 Å². The number of likely N-dealkylation sites (N-methyl/N-ethyl adjacent to an activating group) is 1. The summed E-state index contributed by atoms with van der Waals surface area (Å²) in [4.78, 5) is 14.0. The Morgan fingerprint density at radius 3 is 2.76 bits per heavy atom. The van der Waals surface area contributed by atoms with Gasteiger partial charge in [-0.05, 0) is 12.8 Å². The van der Waals surface area contributed by atoms with Crippen molar-refractivity contribution in [2.45, 2.75) is 45.1 Å². The van der Waals surface area contributed by atoms with Crippen molar-refractivity contribution < 1.29 is 19.2 Å². The third-order valence-corrected chi connectivity index (χ3v) is 4.40. The zero-order valence-corrected chi connectivity index (χ0v) is 13.1. The van der Waals surface area contributed by atoms with E-state index in [1.807, 2.05) is 25.6 Å². The van der Waals surface area contributed by atoms with Crippen molar-refractivity contribution in [3.8, 4) is 11.5 Å². The van der Waals surface area contributed by atoms with Crippen LogP contribution in [0.5, 0.6) is 11.5 Å². The van der Waals surface area contributed by atoms with Crippen molar-refractivity contribution in [2.24, 2.45) is 7.05 Å². The van der Waals surface area contributed by atoms with E-state index in [0.29, 0.717) is 11.8 Å². The summed E-state index contributed by atoms with van der Waals surface area (Å²) in [6, 6.07) is 1.90. The fourth-order valence-corrected chi connectivity index (χ4v) is 2.80. The number of carbonyl (C=O) groups is 1. The highest BCUT2D eigenvalue weighted by Crippen LogP contribution is 2.27. The Kier molecular flexibility index (Phi) is 5.04. The molecule has 1 fully saturated rings. The van der Waals surface area contributed by atoms with E-state index in [0.717, 1.165) is 18.5 Å². The maximum absolute atomic E-state index is 12.2. The van der Waals surface area contributed by atoms with Crippen molar-refractivity contribution in [3.63, 3.8) is 0 Å². The normalized spacial score (nSPS) is 15.8. The molecule has 0 aliphatic heterocycles. The predicted octanol–water partition coefficient (Wildman–Crippen LogP) is 1.70. The lowest BCUT2D eigenvalue weighted by atomic mass is 9.94. The second-order valence-corrected chi connectivity index (χ2v) is 5.81. The van der Waals surface area contributed by atoms with Gasteiger partial charge in [0.2, 0.25) is 11.4 Å². The lowest BCUT2D eigenvalue weighted by Gasteiger charge is -2.31. The zero-order valence-electron chi connectivity index (χ0n) is 13.1. The first-order valence-electron chi connectivity index (χ1n) is 7.57. The number of hydrogen-bond acceptors (Lipinski definition) is 3. The maximum atomic E-state index is 12.2. The first-order valence-corrected chi connectivity index (χ1v) is 7.57. The number of amides is 1. The van der Waals surface area contributed by atoms with Crippen molar-refractivity contribution >= 4 is 5.91 Å². The van der Waals surface area contributed by atoms with E-state index in [4.69, 9.17) is 4.74 Å². The third-order valence-electron chi connectivity index (χ3n) is 4.40. The second kappa shape index (κ2) is 6.78. The molecule has 0 spiro atoms. The van der Waals surface area contributed by atoms with Gasteiger partial charge in [-0.1, -0.05) is 19.3 Å². The van der Waals surface area contributed by atoms with E-state index in [9.17, 15) is 9.90 Å².